The maximum Gasteiger partial charge on any atom is 0.270 e. The largest absolute Gasteiger partial charge is 0.484 e. The number of nitro groups is 1. The van der Waals surface area contributed by atoms with Crippen molar-refractivity contribution in [3.8, 4) is 5.75 Å². The number of fused-ring (bicyclic) bond motifs is 4. The first-order valence-electron chi connectivity index (χ1n) is 6.32. The Morgan fingerprint density at radius 3 is 2.83 bits per heavy atom. The predicted molar refractivity (Wildman–Crippen MR) is 62.5 cm³/mol. The summed E-state index contributed by atoms with van der Waals surface area (Å²) in [6.07, 6.45) is 4.53. The average Bonchev–Trinajstić information content (AvgIpc) is 3.05. The zero-order valence-electron chi connectivity index (χ0n) is 9.80. The normalized spacial score (nSPS) is 30.4. The molecule has 0 bridgehead atoms. The highest BCUT2D eigenvalue weighted by Crippen LogP contribution is 2.58. The van der Waals surface area contributed by atoms with Crippen LogP contribution < -0.4 is 4.74 Å². The van der Waals surface area contributed by atoms with Crippen molar-refractivity contribution in [2.24, 2.45) is 0 Å². The number of rotatable bonds is 1. The van der Waals surface area contributed by atoms with Crippen molar-refractivity contribution >= 4 is 5.69 Å². The van der Waals surface area contributed by atoms with E-state index in [9.17, 15) is 10.1 Å². The van der Waals surface area contributed by atoms with Crippen molar-refractivity contribution in [3.05, 3.63) is 33.9 Å². The molecular weight excluding hydrogens is 234 g/mol. The summed E-state index contributed by atoms with van der Waals surface area (Å²) in [6.45, 7) is 0. The van der Waals surface area contributed by atoms with Crippen LogP contribution in [0.5, 0.6) is 5.75 Å². The Balaban J connectivity index is 1.76. The van der Waals surface area contributed by atoms with Crippen molar-refractivity contribution in [1.82, 2.24) is 0 Å². The third kappa shape index (κ3) is 1.25. The van der Waals surface area contributed by atoms with E-state index in [2.05, 4.69) is 0 Å². The summed E-state index contributed by atoms with van der Waals surface area (Å²) < 4.78 is 11.9. The molecule has 18 heavy (non-hydrogen) atoms. The minimum atomic E-state index is -0.377. The molecule has 2 fully saturated rings. The number of nitrogens with zero attached hydrogens (tertiary/aromatic N) is 1. The molecule has 1 aliphatic carbocycles. The summed E-state index contributed by atoms with van der Waals surface area (Å²) in [5.41, 5.74) is 0.786. The van der Waals surface area contributed by atoms with E-state index in [1.54, 1.807) is 12.1 Å². The van der Waals surface area contributed by atoms with E-state index < -0.39 is 0 Å². The van der Waals surface area contributed by atoms with Crippen molar-refractivity contribution in [2.45, 2.75) is 43.5 Å². The van der Waals surface area contributed by atoms with Crippen LogP contribution in [0.4, 0.5) is 5.69 Å². The molecule has 3 aliphatic rings. The van der Waals surface area contributed by atoms with Gasteiger partial charge in [0, 0.05) is 17.7 Å². The molecule has 0 radical (unpaired) electrons. The first kappa shape index (κ1) is 10.3. The van der Waals surface area contributed by atoms with Gasteiger partial charge in [-0.15, -0.1) is 0 Å². The Morgan fingerprint density at radius 1 is 1.33 bits per heavy atom. The molecule has 0 amide bonds. The van der Waals surface area contributed by atoms with Crippen LogP contribution in [0.3, 0.4) is 0 Å². The number of non-ortho nitro benzene ring substituents is 1. The highest BCUT2D eigenvalue weighted by molar-refractivity contribution is 5.49. The molecule has 5 heteroatoms. The van der Waals surface area contributed by atoms with Crippen molar-refractivity contribution < 1.29 is 14.4 Å². The average molecular weight is 247 g/mol. The Bertz CT molecular complexity index is 536. The molecule has 2 heterocycles. The minimum Gasteiger partial charge on any atom is -0.484 e. The van der Waals surface area contributed by atoms with Gasteiger partial charge in [-0.25, -0.2) is 0 Å². The Kier molecular flexibility index (Phi) is 1.85. The summed E-state index contributed by atoms with van der Waals surface area (Å²) in [7, 11) is 0. The minimum absolute atomic E-state index is 0.00625. The number of ether oxygens (including phenoxy) is 2. The van der Waals surface area contributed by atoms with Crippen LogP contribution >= 0.6 is 0 Å². The van der Waals surface area contributed by atoms with E-state index in [-0.39, 0.29) is 28.4 Å². The second-order valence-corrected chi connectivity index (χ2v) is 5.33. The third-order valence-electron chi connectivity index (χ3n) is 4.28. The van der Waals surface area contributed by atoms with Crippen LogP contribution in [0.25, 0.3) is 0 Å². The fourth-order valence-corrected chi connectivity index (χ4v) is 3.35. The molecule has 1 aromatic rings. The zero-order valence-corrected chi connectivity index (χ0v) is 9.80. The standard InChI is InChI=1S/C13H13NO4/c15-14(16)8-3-4-10-9(7-8)11-12(17-11)13(18-10)5-1-2-6-13/h3-4,7,11-12H,1-2,5-6H2/t11-,12+/m0/s1. The predicted octanol–water partition coefficient (Wildman–Crippen LogP) is 2.74. The van der Waals surface area contributed by atoms with Gasteiger partial charge in [0.25, 0.3) is 5.69 Å². The lowest BCUT2D eigenvalue weighted by Gasteiger charge is -2.32. The van der Waals surface area contributed by atoms with Gasteiger partial charge in [-0.05, 0) is 31.7 Å². The molecule has 1 aromatic carbocycles. The lowest BCUT2D eigenvalue weighted by Crippen LogP contribution is -2.41. The highest BCUT2D eigenvalue weighted by Gasteiger charge is 2.62. The molecule has 0 unspecified atom stereocenters. The smallest absolute Gasteiger partial charge is 0.270 e. The molecule has 94 valence electrons. The lowest BCUT2D eigenvalue weighted by molar-refractivity contribution is -0.385. The fraction of sp³-hybridized carbons (Fsp3) is 0.538. The molecule has 1 spiro atoms. The molecular formula is C13H13NO4. The molecule has 0 aromatic heterocycles. The van der Waals surface area contributed by atoms with Gasteiger partial charge in [-0.1, -0.05) is 0 Å². The number of nitro benzene ring substituents is 1. The second kappa shape index (κ2) is 3.23. The van der Waals surface area contributed by atoms with Crippen molar-refractivity contribution in [2.75, 3.05) is 0 Å². The second-order valence-electron chi connectivity index (χ2n) is 5.33. The molecule has 2 aliphatic heterocycles. The number of hydrogen-bond donors (Lipinski definition) is 0. The summed E-state index contributed by atoms with van der Waals surface area (Å²) in [4.78, 5) is 10.4. The van der Waals surface area contributed by atoms with Crippen molar-refractivity contribution in [3.63, 3.8) is 0 Å². The Labute approximate surface area is 104 Å². The molecule has 1 saturated carbocycles. The quantitative estimate of drug-likeness (QED) is 0.435. The van der Waals surface area contributed by atoms with Gasteiger partial charge in [0.15, 0.2) is 0 Å². The third-order valence-corrected chi connectivity index (χ3v) is 4.28. The number of hydrogen-bond acceptors (Lipinski definition) is 4. The first-order valence-corrected chi connectivity index (χ1v) is 6.32. The SMILES string of the molecule is O=[N+]([O-])c1ccc2c(c1)[C@@H]1O[C@H]1C1(CCCC1)O2. The highest BCUT2D eigenvalue weighted by atomic mass is 16.6. The van der Waals surface area contributed by atoms with Crippen LogP contribution in [0.2, 0.25) is 0 Å². The van der Waals surface area contributed by atoms with Crippen LogP contribution in [-0.2, 0) is 4.74 Å². The van der Waals surface area contributed by atoms with Gasteiger partial charge in [0.2, 0.25) is 0 Å². The topological polar surface area (TPSA) is 64.9 Å². The van der Waals surface area contributed by atoms with E-state index >= 15 is 0 Å². The summed E-state index contributed by atoms with van der Waals surface area (Å²) in [5.74, 6) is 0.765. The monoisotopic (exact) mass is 247 g/mol. The van der Waals surface area contributed by atoms with E-state index in [4.69, 9.17) is 9.47 Å². The van der Waals surface area contributed by atoms with E-state index in [0.717, 1.165) is 24.2 Å². The van der Waals surface area contributed by atoms with E-state index in [1.165, 1.54) is 18.9 Å². The molecule has 4 rings (SSSR count). The van der Waals surface area contributed by atoms with E-state index in [1.807, 2.05) is 0 Å². The van der Waals surface area contributed by atoms with Gasteiger partial charge in [0.05, 0.1) is 4.92 Å². The van der Waals surface area contributed by atoms with Crippen molar-refractivity contribution in [1.29, 1.82) is 0 Å². The van der Waals surface area contributed by atoms with E-state index in [0.29, 0.717) is 0 Å². The van der Waals surface area contributed by atoms with Gasteiger partial charge < -0.3 is 9.47 Å². The maximum atomic E-state index is 10.8. The first-order chi connectivity index (χ1) is 8.70. The molecule has 1 saturated heterocycles. The number of benzene rings is 1. The Hall–Kier alpha value is -1.62. The summed E-state index contributed by atoms with van der Waals surface area (Å²) in [6, 6.07) is 4.80. The maximum absolute atomic E-state index is 10.8. The lowest BCUT2D eigenvalue weighted by atomic mass is 9.89. The van der Waals surface area contributed by atoms with Crippen LogP contribution in [0.15, 0.2) is 18.2 Å². The molecule has 2 atom stereocenters. The number of epoxide rings is 1. The van der Waals surface area contributed by atoms with Gasteiger partial charge in [0.1, 0.15) is 23.6 Å². The van der Waals surface area contributed by atoms with Gasteiger partial charge >= 0.3 is 0 Å². The summed E-state index contributed by atoms with van der Waals surface area (Å²) in [5, 5.41) is 10.8. The van der Waals surface area contributed by atoms with Crippen LogP contribution in [-0.4, -0.2) is 16.6 Å². The summed E-state index contributed by atoms with van der Waals surface area (Å²) >= 11 is 0. The van der Waals surface area contributed by atoms with Crippen LogP contribution in [0.1, 0.15) is 37.4 Å². The van der Waals surface area contributed by atoms with Gasteiger partial charge in [-0.3, -0.25) is 10.1 Å². The zero-order chi connectivity index (χ0) is 12.3. The van der Waals surface area contributed by atoms with Crippen LogP contribution in [0, 0.1) is 10.1 Å². The van der Waals surface area contributed by atoms with Gasteiger partial charge in [-0.2, -0.15) is 0 Å². The molecule has 5 nitrogen and oxygen atoms in total. The fourth-order valence-electron chi connectivity index (χ4n) is 3.35. The molecule has 0 N–H and O–H groups in total. The Morgan fingerprint density at radius 2 is 2.11 bits per heavy atom.